The molecule has 3 atom stereocenters. The number of carbonyl (C=O) groups excluding carboxylic acids is 1. The average molecular weight is 412 g/mol. The van der Waals surface area contributed by atoms with Gasteiger partial charge in [0, 0.05) is 17.5 Å². The molecule has 0 aliphatic heterocycles. The molecule has 27 heavy (non-hydrogen) atoms. The van der Waals surface area contributed by atoms with Gasteiger partial charge in [-0.3, -0.25) is 4.79 Å². The lowest BCUT2D eigenvalue weighted by molar-refractivity contribution is -0.149. The van der Waals surface area contributed by atoms with Crippen LogP contribution in [0.3, 0.4) is 0 Å². The summed E-state index contributed by atoms with van der Waals surface area (Å²) in [4.78, 5) is 12.7. The number of esters is 1. The van der Waals surface area contributed by atoms with Gasteiger partial charge in [0.15, 0.2) is 9.84 Å². The minimum Gasteiger partial charge on any atom is -0.465 e. The summed E-state index contributed by atoms with van der Waals surface area (Å²) in [6.45, 7) is 1.54. The molecule has 8 heteroatoms. The number of halogens is 2. The number of sulfone groups is 1. The van der Waals surface area contributed by atoms with Crippen LogP contribution in [-0.4, -0.2) is 32.8 Å². The zero-order valence-electron chi connectivity index (χ0n) is 14.6. The molecule has 1 fully saturated rings. The molecule has 2 N–H and O–H groups in total. The predicted octanol–water partition coefficient (Wildman–Crippen LogP) is 2.93. The van der Waals surface area contributed by atoms with Gasteiger partial charge in [0.1, 0.15) is 11.2 Å². The molecule has 0 aromatic heterocycles. The minimum absolute atomic E-state index is 0.0450. The smallest absolute Gasteiger partial charge is 0.315 e. The van der Waals surface area contributed by atoms with Crippen LogP contribution in [0.25, 0.3) is 0 Å². The normalized spacial score (nSPS) is 24.4. The Hall–Kier alpha value is -1.96. The van der Waals surface area contributed by atoms with Crippen molar-refractivity contribution in [1.82, 2.24) is 0 Å². The highest BCUT2D eigenvalue weighted by Gasteiger charge is 2.75. The van der Waals surface area contributed by atoms with Crippen LogP contribution >= 0.6 is 11.6 Å². The fraction of sp³-hybridized carbons (Fsp3) is 0.316. The first-order valence-corrected chi connectivity index (χ1v) is 10.3. The Morgan fingerprint density at radius 1 is 1.19 bits per heavy atom. The number of rotatable bonds is 6. The second-order valence-electron chi connectivity index (χ2n) is 6.41. The van der Waals surface area contributed by atoms with Gasteiger partial charge in [-0.05, 0) is 48.9 Å². The van der Waals surface area contributed by atoms with E-state index in [9.17, 15) is 17.6 Å². The van der Waals surface area contributed by atoms with E-state index < -0.39 is 38.2 Å². The standard InChI is InChI=1S/C19H19ClFNO4S/c1-2-26-18(23)19(11-22)16(12-3-7-14(21)8-4-12)17(19)27(24,25)15-9-5-13(20)6-10-15/h3-10,16-17H,2,11,22H2,1H3/t16-,17+,19+/m1/s1. The number of carbonyl (C=O) groups is 1. The van der Waals surface area contributed by atoms with E-state index in [-0.39, 0.29) is 18.0 Å². The monoisotopic (exact) mass is 411 g/mol. The number of ether oxygens (including phenoxy) is 1. The summed E-state index contributed by atoms with van der Waals surface area (Å²) < 4.78 is 45.0. The summed E-state index contributed by atoms with van der Waals surface area (Å²) in [5, 5.41) is -0.698. The van der Waals surface area contributed by atoms with Gasteiger partial charge in [0.05, 0.1) is 16.8 Å². The maximum atomic E-state index is 13.3. The van der Waals surface area contributed by atoms with Crippen LogP contribution in [0.5, 0.6) is 0 Å². The van der Waals surface area contributed by atoms with Crippen LogP contribution in [0.1, 0.15) is 18.4 Å². The largest absolute Gasteiger partial charge is 0.465 e. The van der Waals surface area contributed by atoms with Crippen LogP contribution in [0.15, 0.2) is 53.4 Å². The van der Waals surface area contributed by atoms with Crippen molar-refractivity contribution >= 4 is 27.4 Å². The first-order valence-electron chi connectivity index (χ1n) is 8.41. The zero-order chi connectivity index (χ0) is 19.8. The first kappa shape index (κ1) is 19.8. The molecule has 0 radical (unpaired) electrons. The lowest BCUT2D eigenvalue weighted by Gasteiger charge is -2.14. The zero-order valence-corrected chi connectivity index (χ0v) is 16.1. The number of benzene rings is 2. The van der Waals surface area contributed by atoms with Crippen molar-refractivity contribution in [1.29, 1.82) is 0 Å². The van der Waals surface area contributed by atoms with E-state index in [4.69, 9.17) is 22.1 Å². The van der Waals surface area contributed by atoms with Crippen LogP contribution in [0.2, 0.25) is 5.02 Å². The van der Waals surface area contributed by atoms with E-state index in [1.807, 2.05) is 0 Å². The molecule has 0 bridgehead atoms. The predicted molar refractivity (Wildman–Crippen MR) is 99.7 cm³/mol. The quantitative estimate of drug-likeness (QED) is 0.738. The molecular weight excluding hydrogens is 393 g/mol. The van der Waals surface area contributed by atoms with Crippen LogP contribution in [-0.2, 0) is 19.4 Å². The molecule has 1 saturated carbocycles. The van der Waals surface area contributed by atoms with Crippen molar-refractivity contribution in [3.63, 3.8) is 0 Å². The van der Waals surface area contributed by atoms with Crippen molar-refractivity contribution in [2.75, 3.05) is 13.2 Å². The molecule has 2 aromatic carbocycles. The van der Waals surface area contributed by atoms with Crippen molar-refractivity contribution in [2.24, 2.45) is 11.1 Å². The molecule has 0 heterocycles. The molecule has 0 spiro atoms. The lowest BCUT2D eigenvalue weighted by atomic mass is 9.99. The van der Waals surface area contributed by atoms with Crippen molar-refractivity contribution in [2.45, 2.75) is 23.0 Å². The minimum atomic E-state index is -3.91. The Labute approximate surface area is 162 Å². The molecule has 0 amide bonds. The maximum Gasteiger partial charge on any atom is 0.315 e. The Bertz CT molecular complexity index is 947. The molecule has 1 aliphatic rings. The van der Waals surface area contributed by atoms with Crippen molar-refractivity contribution in [3.05, 3.63) is 64.9 Å². The average Bonchev–Trinajstić information content (AvgIpc) is 3.34. The van der Waals surface area contributed by atoms with Crippen molar-refractivity contribution < 1.29 is 22.3 Å². The molecule has 5 nitrogen and oxygen atoms in total. The van der Waals surface area contributed by atoms with Gasteiger partial charge in [-0.15, -0.1) is 0 Å². The highest BCUT2D eigenvalue weighted by molar-refractivity contribution is 7.92. The van der Waals surface area contributed by atoms with Crippen LogP contribution < -0.4 is 5.73 Å². The third-order valence-electron chi connectivity index (χ3n) is 4.96. The summed E-state index contributed by atoms with van der Waals surface area (Å²) in [6, 6.07) is 11.1. The fourth-order valence-electron chi connectivity index (χ4n) is 3.61. The van der Waals surface area contributed by atoms with Gasteiger partial charge in [-0.2, -0.15) is 0 Å². The third-order valence-corrected chi connectivity index (χ3v) is 7.50. The summed E-state index contributed by atoms with van der Waals surface area (Å²) in [6.07, 6.45) is 0. The Kier molecular flexibility index (Phi) is 5.29. The fourth-order valence-corrected chi connectivity index (χ4v) is 6.12. The molecule has 2 aromatic rings. The summed E-state index contributed by atoms with van der Waals surface area (Å²) in [5.74, 6) is -1.84. The van der Waals surface area contributed by atoms with Gasteiger partial charge < -0.3 is 10.5 Å². The van der Waals surface area contributed by atoms with E-state index in [1.54, 1.807) is 6.92 Å². The van der Waals surface area contributed by atoms with E-state index in [1.165, 1.54) is 48.5 Å². The van der Waals surface area contributed by atoms with E-state index in [2.05, 4.69) is 0 Å². The highest BCUT2D eigenvalue weighted by atomic mass is 35.5. The van der Waals surface area contributed by atoms with E-state index >= 15 is 0 Å². The Morgan fingerprint density at radius 2 is 1.78 bits per heavy atom. The van der Waals surface area contributed by atoms with E-state index in [0.717, 1.165) is 0 Å². The second kappa shape index (κ2) is 7.22. The Balaban J connectivity index is 2.10. The topological polar surface area (TPSA) is 86.5 Å². The van der Waals surface area contributed by atoms with Gasteiger partial charge in [-0.1, -0.05) is 23.7 Å². The summed E-state index contributed by atoms with van der Waals surface area (Å²) in [7, 11) is -3.91. The lowest BCUT2D eigenvalue weighted by Crippen LogP contribution is -2.33. The van der Waals surface area contributed by atoms with Gasteiger partial charge in [0.25, 0.3) is 0 Å². The van der Waals surface area contributed by atoms with Gasteiger partial charge >= 0.3 is 5.97 Å². The summed E-state index contributed by atoms with van der Waals surface area (Å²) in [5.41, 5.74) is 5.00. The van der Waals surface area contributed by atoms with Gasteiger partial charge in [0.2, 0.25) is 0 Å². The summed E-state index contributed by atoms with van der Waals surface area (Å²) >= 11 is 5.85. The third kappa shape index (κ3) is 3.24. The second-order valence-corrected chi connectivity index (χ2v) is 8.92. The molecule has 0 saturated heterocycles. The molecule has 0 unspecified atom stereocenters. The van der Waals surface area contributed by atoms with E-state index in [0.29, 0.717) is 10.6 Å². The molecule has 1 aliphatic carbocycles. The van der Waals surface area contributed by atoms with Crippen LogP contribution in [0, 0.1) is 11.2 Å². The number of nitrogens with two attached hydrogens (primary N) is 1. The number of hydrogen-bond donors (Lipinski definition) is 1. The van der Waals surface area contributed by atoms with Crippen LogP contribution in [0.4, 0.5) is 4.39 Å². The Morgan fingerprint density at radius 3 is 2.30 bits per heavy atom. The van der Waals surface area contributed by atoms with Gasteiger partial charge in [-0.25, -0.2) is 12.8 Å². The maximum absolute atomic E-state index is 13.3. The highest BCUT2D eigenvalue weighted by Crippen LogP contribution is 2.64. The first-order chi connectivity index (χ1) is 12.8. The molecular formula is C19H19ClFNO4S. The number of hydrogen-bond acceptors (Lipinski definition) is 5. The molecule has 3 rings (SSSR count). The van der Waals surface area contributed by atoms with Crippen molar-refractivity contribution in [3.8, 4) is 0 Å². The molecule has 144 valence electrons. The SMILES string of the molecule is CCOC(=O)[C@@]1(CN)[C@H](c2ccc(F)cc2)[C@@H]1S(=O)(=O)c1ccc(Cl)cc1.